The standard InChI is InChI=1S/C20H18N2O2S/c1-24-15-8-7-14-11-17(19(23)22-20-21-9-10-25-20)18(16(14)12-15)13-5-3-2-4-6-13/h2-10,12,17-18H,11H2,1H3,(H,21,22,23)/t17-,18-/m1/s1. The van der Waals surface area contributed by atoms with Gasteiger partial charge in [0.25, 0.3) is 0 Å². The zero-order valence-electron chi connectivity index (χ0n) is 13.8. The molecular formula is C20H18N2O2S. The van der Waals surface area contributed by atoms with Gasteiger partial charge in [0.1, 0.15) is 5.75 Å². The maximum atomic E-state index is 12.9. The summed E-state index contributed by atoms with van der Waals surface area (Å²) in [5.41, 5.74) is 3.52. The van der Waals surface area contributed by atoms with Crippen molar-refractivity contribution in [2.75, 3.05) is 12.4 Å². The zero-order valence-corrected chi connectivity index (χ0v) is 14.6. The number of nitrogens with zero attached hydrogens (tertiary/aromatic N) is 1. The molecule has 2 aromatic carbocycles. The van der Waals surface area contributed by atoms with Crippen LogP contribution in [0.4, 0.5) is 5.13 Å². The van der Waals surface area contributed by atoms with Crippen molar-refractivity contribution in [3.05, 3.63) is 76.8 Å². The number of carbonyl (C=O) groups excluding carboxylic acids is 1. The van der Waals surface area contributed by atoms with Crippen LogP contribution < -0.4 is 10.1 Å². The molecule has 5 heteroatoms. The van der Waals surface area contributed by atoms with Crippen LogP contribution in [0.2, 0.25) is 0 Å². The summed E-state index contributed by atoms with van der Waals surface area (Å²) in [5.74, 6) is 0.694. The van der Waals surface area contributed by atoms with Gasteiger partial charge in [0.05, 0.1) is 13.0 Å². The van der Waals surface area contributed by atoms with E-state index in [-0.39, 0.29) is 17.7 Å². The first-order valence-electron chi connectivity index (χ1n) is 8.18. The molecule has 4 nitrogen and oxygen atoms in total. The van der Waals surface area contributed by atoms with Gasteiger partial charge in [-0.1, -0.05) is 36.4 Å². The van der Waals surface area contributed by atoms with Gasteiger partial charge >= 0.3 is 0 Å². The number of hydrogen-bond donors (Lipinski definition) is 1. The molecule has 2 atom stereocenters. The second kappa shape index (κ2) is 6.69. The maximum Gasteiger partial charge on any atom is 0.230 e. The van der Waals surface area contributed by atoms with Crippen molar-refractivity contribution in [3.8, 4) is 5.75 Å². The Labute approximate surface area is 150 Å². The molecule has 0 saturated carbocycles. The predicted molar refractivity (Wildman–Crippen MR) is 99.2 cm³/mol. The molecule has 0 fully saturated rings. The molecule has 1 aliphatic rings. The minimum atomic E-state index is -0.159. The molecule has 1 heterocycles. The lowest BCUT2D eigenvalue weighted by Gasteiger charge is -2.20. The number of anilines is 1. The van der Waals surface area contributed by atoms with Crippen LogP contribution in [0.3, 0.4) is 0 Å². The Hall–Kier alpha value is -2.66. The zero-order chi connectivity index (χ0) is 17.2. The molecule has 0 saturated heterocycles. The Morgan fingerprint density at radius 2 is 2.08 bits per heavy atom. The Morgan fingerprint density at radius 1 is 1.24 bits per heavy atom. The SMILES string of the molecule is COc1ccc2c(c1)[C@@H](c1ccccc1)[C@H](C(=O)Nc1nccs1)C2. The van der Waals surface area contributed by atoms with Crippen molar-refractivity contribution in [3.63, 3.8) is 0 Å². The van der Waals surface area contributed by atoms with E-state index in [0.29, 0.717) is 5.13 Å². The first-order valence-corrected chi connectivity index (χ1v) is 9.06. The molecule has 1 aliphatic carbocycles. The topological polar surface area (TPSA) is 51.2 Å². The molecule has 3 aromatic rings. The summed E-state index contributed by atoms with van der Waals surface area (Å²) in [6.07, 6.45) is 2.42. The summed E-state index contributed by atoms with van der Waals surface area (Å²) >= 11 is 1.43. The second-order valence-electron chi connectivity index (χ2n) is 6.09. The van der Waals surface area contributed by atoms with Gasteiger partial charge in [-0.3, -0.25) is 4.79 Å². The first-order chi connectivity index (χ1) is 12.3. The largest absolute Gasteiger partial charge is 0.497 e. The fourth-order valence-electron chi connectivity index (χ4n) is 3.55. The summed E-state index contributed by atoms with van der Waals surface area (Å²) in [4.78, 5) is 17.1. The number of benzene rings is 2. The molecule has 126 valence electrons. The minimum absolute atomic E-state index is 0.0129. The summed E-state index contributed by atoms with van der Waals surface area (Å²) in [5, 5.41) is 5.47. The molecule has 0 spiro atoms. The van der Waals surface area contributed by atoms with E-state index in [1.165, 1.54) is 22.5 Å². The summed E-state index contributed by atoms with van der Waals surface area (Å²) in [7, 11) is 1.67. The average molecular weight is 350 g/mol. The highest BCUT2D eigenvalue weighted by atomic mass is 32.1. The van der Waals surface area contributed by atoms with Crippen molar-refractivity contribution in [1.82, 2.24) is 4.98 Å². The van der Waals surface area contributed by atoms with Crippen LogP contribution in [0.25, 0.3) is 0 Å². The van der Waals surface area contributed by atoms with E-state index >= 15 is 0 Å². The van der Waals surface area contributed by atoms with Crippen LogP contribution >= 0.6 is 11.3 Å². The Balaban J connectivity index is 1.72. The van der Waals surface area contributed by atoms with Gasteiger partial charge in [-0.2, -0.15) is 0 Å². The van der Waals surface area contributed by atoms with Gasteiger partial charge in [-0.15, -0.1) is 11.3 Å². The molecule has 4 rings (SSSR count). The number of nitrogens with one attached hydrogen (secondary N) is 1. The highest BCUT2D eigenvalue weighted by Crippen LogP contribution is 2.44. The molecule has 0 aliphatic heterocycles. The van der Waals surface area contributed by atoms with Crippen molar-refractivity contribution in [2.45, 2.75) is 12.3 Å². The van der Waals surface area contributed by atoms with Crippen molar-refractivity contribution < 1.29 is 9.53 Å². The van der Waals surface area contributed by atoms with Crippen LogP contribution in [0, 0.1) is 5.92 Å². The number of fused-ring (bicyclic) bond motifs is 1. The van der Waals surface area contributed by atoms with Crippen molar-refractivity contribution >= 4 is 22.4 Å². The fraction of sp³-hybridized carbons (Fsp3) is 0.200. The van der Waals surface area contributed by atoms with Gasteiger partial charge in [-0.25, -0.2) is 4.98 Å². The highest BCUT2D eigenvalue weighted by Gasteiger charge is 2.38. The van der Waals surface area contributed by atoms with Crippen molar-refractivity contribution in [1.29, 1.82) is 0 Å². The number of thiazole rings is 1. The van der Waals surface area contributed by atoms with E-state index in [9.17, 15) is 4.79 Å². The Kier molecular flexibility index (Phi) is 4.24. The Bertz CT molecular complexity index is 878. The molecule has 0 radical (unpaired) electrons. The Morgan fingerprint density at radius 3 is 2.80 bits per heavy atom. The number of hydrogen-bond acceptors (Lipinski definition) is 4. The lowest BCUT2D eigenvalue weighted by Crippen LogP contribution is -2.26. The summed E-state index contributed by atoms with van der Waals surface area (Å²) in [6.45, 7) is 0. The van der Waals surface area contributed by atoms with Gasteiger partial charge in [0, 0.05) is 17.5 Å². The first kappa shape index (κ1) is 15.8. The molecule has 0 unspecified atom stereocenters. The number of carbonyl (C=O) groups is 1. The smallest absolute Gasteiger partial charge is 0.230 e. The lowest BCUT2D eigenvalue weighted by atomic mass is 9.85. The molecule has 1 amide bonds. The number of methoxy groups -OCH3 is 1. The number of rotatable bonds is 4. The van der Waals surface area contributed by atoms with Gasteiger partial charge in [0.2, 0.25) is 5.91 Å². The van der Waals surface area contributed by atoms with E-state index in [4.69, 9.17) is 4.74 Å². The van der Waals surface area contributed by atoms with E-state index in [2.05, 4.69) is 34.6 Å². The van der Waals surface area contributed by atoms with Crippen LogP contribution in [0.5, 0.6) is 5.75 Å². The monoisotopic (exact) mass is 350 g/mol. The van der Waals surface area contributed by atoms with Gasteiger partial charge in [-0.05, 0) is 35.2 Å². The van der Waals surface area contributed by atoms with Crippen LogP contribution in [0.15, 0.2) is 60.1 Å². The molecular weight excluding hydrogens is 332 g/mol. The summed E-state index contributed by atoms with van der Waals surface area (Å²) in [6, 6.07) is 16.3. The third kappa shape index (κ3) is 3.03. The van der Waals surface area contributed by atoms with E-state index in [0.717, 1.165) is 17.7 Å². The quantitative estimate of drug-likeness (QED) is 0.771. The minimum Gasteiger partial charge on any atom is -0.497 e. The number of aromatic nitrogens is 1. The average Bonchev–Trinajstić information content (AvgIpc) is 3.29. The highest BCUT2D eigenvalue weighted by molar-refractivity contribution is 7.13. The third-order valence-corrected chi connectivity index (χ3v) is 5.38. The number of amides is 1. The third-order valence-electron chi connectivity index (χ3n) is 4.69. The fourth-order valence-corrected chi connectivity index (χ4v) is 4.08. The molecule has 1 aromatic heterocycles. The van der Waals surface area contributed by atoms with Crippen LogP contribution in [-0.2, 0) is 11.2 Å². The van der Waals surface area contributed by atoms with E-state index in [1.54, 1.807) is 13.3 Å². The summed E-state index contributed by atoms with van der Waals surface area (Å²) < 4.78 is 5.40. The molecule has 25 heavy (non-hydrogen) atoms. The maximum absolute atomic E-state index is 12.9. The van der Waals surface area contributed by atoms with E-state index in [1.807, 2.05) is 29.6 Å². The molecule has 1 N–H and O–H groups in total. The number of ether oxygens (including phenoxy) is 1. The van der Waals surface area contributed by atoms with Gasteiger partial charge in [0.15, 0.2) is 5.13 Å². The molecule has 0 bridgehead atoms. The second-order valence-corrected chi connectivity index (χ2v) is 6.98. The lowest BCUT2D eigenvalue weighted by molar-refractivity contribution is -0.120. The predicted octanol–water partition coefficient (Wildman–Crippen LogP) is 4.09. The van der Waals surface area contributed by atoms with Gasteiger partial charge < -0.3 is 10.1 Å². The normalized spacial score (nSPS) is 18.6. The van der Waals surface area contributed by atoms with E-state index < -0.39 is 0 Å². The van der Waals surface area contributed by atoms with Crippen molar-refractivity contribution in [2.24, 2.45) is 5.92 Å². The van der Waals surface area contributed by atoms with Crippen LogP contribution in [0.1, 0.15) is 22.6 Å². The van der Waals surface area contributed by atoms with Crippen LogP contribution in [-0.4, -0.2) is 18.0 Å².